The second-order valence-corrected chi connectivity index (χ2v) is 6.45. The van der Waals surface area contributed by atoms with Crippen molar-refractivity contribution < 1.29 is 5.11 Å². The van der Waals surface area contributed by atoms with E-state index in [2.05, 4.69) is 15.9 Å². The van der Waals surface area contributed by atoms with Gasteiger partial charge in [-0.3, -0.25) is 0 Å². The summed E-state index contributed by atoms with van der Waals surface area (Å²) in [6, 6.07) is 5.71. The average molecular weight is 332 g/mol. The highest BCUT2D eigenvalue weighted by molar-refractivity contribution is 9.10. The highest BCUT2D eigenvalue weighted by atomic mass is 79.9. The highest BCUT2D eigenvalue weighted by Gasteiger charge is 2.24. The van der Waals surface area contributed by atoms with E-state index in [0.717, 1.165) is 22.9 Å². The maximum absolute atomic E-state index is 10.6. The van der Waals surface area contributed by atoms with Crippen molar-refractivity contribution in [2.24, 2.45) is 5.92 Å². The SMILES string of the molecule is OC(c1c(Cl)cccc1Br)C1CCCCCCC1. The van der Waals surface area contributed by atoms with E-state index < -0.39 is 6.10 Å². The summed E-state index contributed by atoms with van der Waals surface area (Å²) in [5, 5.41) is 11.3. The third-order valence-corrected chi connectivity index (χ3v) is 4.91. The fourth-order valence-electron chi connectivity index (χ4n) is 2.83. The lowest BCUT2D eigenvalue weighted by atomic mass is 9.84. The summed E-state index contributed by atoms with van der Waals surface area (Å²) in [5.74, 6) is 0.349. The Labute approximate surface area is 123 Å². The molecule has 1 saturated carbocycles. The van der Waals surface area contributed by atoms with Gasteiger partial charge >= 0.3 is 0 Å². The molecule has 1 aliphatic rings. The van der Waals surface area contributed by atoms with Crippen molar-refractivity contribution in [3.8, 4) is 0 Å². The van der Waals surface area contributed by atoms with Gasteiger partial charge in [-0.05, 0) is 30.9 Å². The van der Waals surface area contributed by atoms with Gasteiger partial charge in [0.15, 0.2) is 0 Å². The third kappa shape index (κ3) is 3.49. The highest BCUT2D eigenvalue weighted by Crippen LogP contribution is 2.39. The van der Waals surface area contributed by atoms with E-state index in [0.29, 0.717) is 10.9 Å². The van der Waals surface area contributed by atoms with Crippen LogP contribution in [0.2, 0.25) is 5.02 Å². The van der Waals surface area contributed by atoms with Gasteiger partial charge in [0.1, 0.15) is 0 Å². The van der Waals surface area contributed by atoms with Gasteiger partial charge < -0.3 is 5.11 Å². The molecule has 0 bridgehead atoms. The minimum absolute atomic E-state index is 0.349. The molecule has 1 aromatic carbocycles. The largest absolute Gasteiger partial charge is 0.388 e. The zero-order chi connectivity index (χ0) is 13.0. The van der Waals surface area contributed by atoms with Crippen LogP contribution in [0, 0.1) is 5.92 Å². The summed E-state index contributed by atoms with van der Waals surface area (Å²) in [6.07, 6.45) is 8.18. The molecule has 0 radical (unpaired) electrons. The van der Waals surface area contributed by atoms with Crippen LogP contribution in [-0.2, 0) is 0 Å². The van der Waals surface area contributed by atoms with E-state index >= 15 is 0 Å². The zero-order valence-corrected chi connectivity index (χ0v) is 12.9. The van der Waals surface area contributed by atoms with E-state index in [9.17, 15) is 5.11 Å². The Kier molecular flexibility index (Phi) is 5.53. The second-order valence-electron chi connectivity index (χ2n) is 5.19. The van der Waals surface area contributed by atoms with Crippen LogP contribution >= 0.6 is 27.5 Å². The van der Waals surface area contributed by atoms with E-state index in [1.807, 2.05) is 18.2 Å². The van der Waals surface area contributed by atoms with Crippen molar-refractivity contribution in [1.82, 2.24) is 0 Å². The van der Waals surface area contributed by atoms with Crippen molar-refractivity contribution in [3.63, 3.8) is 0 Å². The molecule has 0 saturated heterocycles. The molecule has 0 aromatic heterocycles. The Morgan fingerprint density at radius 3 is 2.33 bits per heavy atom. The van der Waals surface area contributed by atoms with Gasteiger partial charge in [0, 0.05) is 15.1 Å². The molecule has 0 spiro atoms. The van der Waals surface area contributed by atoms with Gasteiger partial charge in [-0.15, -0.1) is 0 Å². The standard InChI is InChI=1S/C15H20BrClO/c16-12-9-6-10-13(17)14(12)15(18)11-7-4-2-1-3-5-8-11/h6,9-11,15,18H,1-5,7-8H2. The van der Waals surface area contributed by atoms with Crippen LogP contribution in [0.25, 0.3) is 0 Å². The molecular weight excluding hydrogens is 312 g/mol. The molecule has 3 heteroatoms. The molecule has 18 heavy (non-hydrogen) atoms. The van der Waals surface area contributed by atoms with Gasteiger partial charge in [0.05, 0.1) is 6.10 Å². The van der Waals surface area contributed by atoms with Crippen molar-refractivity contribution >= 4 is 27.5 Å². The first kappa shape index (κ1) is 14.4. The van der Waals surface area contributed by atoms with Crippen LogP contribution in [0.15, 0.2) is 22.7 Å². The quantitative estimate of drug-likeness (QED) is 0.759. The number of hydrogen-bond acceptors (Lipinski definition) is 1. The summed E-state index contributed by atoms with van der Waals surface area (Å²) in [5.41, 5.74) is 0.866. The van der Waals surface area contributed by atoms with Crippen LogP contribution in [0.4, 0.5) is 0 Å². The number of hydrogen-bond donors (Lipinski definition) is 1. The average Bonchev–Trinajstić information content (AvgIpc) is 2.27. The fraction of sp³-hybridized carbons (Fsp3) is 0.600. The molecule has 0 aliphatic heterocycles. The minimum Gasteiger partial charge on any atom is -0.388 e. The van der Waals surface area contributed by atoms with Crippen LogP contribution in [-0.4, -0.2) is 5.11 Å². The van der Waals surface area contributed by atoms with Crippen molar-refractivity contribution in [2.45, 2.75) is 51.0 Å². The lowest BCUT2D eigenvalue weighted by Crippen LogP contribution is -2.15. The summed E-state index contributed by atoms with van der Waals surface area (Å²) >= 11 is 9.73. The predicted molar refractivity (Wildman–Crippen MR) is 79.9 cm³/mol. The first-order valence-corrected chi connectivity index (χ1v) is 7.99. The molecule has 1 atom stereocenters. The van der Waals surface area contributed by atoms with Crippen LogP contribution in [0.1, 0.15) is 56.6 Å². The summed E-state index contributed by atoms with van der Waals surface area (Å²) in [4.78, 5) is 0. The van der Waals surface area contributed by atoms with E-state index in [1.54, 1.807) is 0 Å². The number of benzene rings is 1. The second kappa shape index (κ2) is 6.93. The Balaban J connectivity index is 2.15. The predicted octanol–water partition coefficient (Wildman–Crippen LogP) is 5.50. The normalized spacial score (nSPS) is 20.2. The molecule has 2 rings (SSSR count). The Morgan fingerprint density at radius 2 is 1.72 bits per heavy atom. The molecule has 1 nitrogen and oxygen atoms in total. The molecule has 0 amide bonds. The zero-order valence-electron chi connectivity index (χ0n) is 10.5. The number of rotatable bonds is 2. The molecule has 1 unspecified atom stereocenters. The van der Waals surface area contributed by atoms with Gasteiger partial charge in [0.25, 0.3) is 0 Å². The third-order valence-electron chi connectivity index (χ3n) is 3.89. The topological polar surface area (TPSA) is 20.2 Å². The van der Waals surface area contributed by atoms with Gasteiger partial charge in [-0.1, -0.05) is 65.7 Å². The first-order chi connectivity index (χ1) is 8.70. The Hall–Kier alpha value is -0.0500. The van der Waals surface area contributed by atoms with Crippen molar-refractivity contribution in [1.29, 1.82) is 0 Å². The van der Waals surface area contributed by atoms with Crippen molar-refractivity contribution in [3.05, 3.63) is 33.3 Å². The summed E-state index contributed by atoms with van der Waals surface area (Å²) in [6.45, 7) is 0. The number of aliphatic hydroxyl groups excluding tert-OH is 1. The molecule has 1 N–H and O–H groups in total. The lowest BCUT2D eigenvalue weighted by Gasteiger charge is -2.26. The number of halogens is 2. The smallest absolute Gasteiger partial charge is 0.0843 e. The number of aliphatic hydroxyl groups is 1. The van der Waals surface area contributed by atoms with E-state index in [1.165, 1.54) is 32.1 Å². The molecular formula is C15H20BrClO. The van der Waals surface area contributed by atoms with Crippen molar-refractivity contribution in [2.75, 3.05) is 0 Å². The lowest BCUT2D eigenvalue weighted by molar-refractivity contribution is 0.0907. The van der Waals surface area contributed by atoms with Gasteiger partial charge in [-0.25, -0.2) is 0 Å². The monoisotopic (exact) mass is 330 g/mol. The van der Waals surface area contributed by atoms with E-state index in [-0.39, 0.29) is 0 Å². The molecule has 100 valence electrons. The maximum atomic E-state index is 10.6. The maximum Gasteiger partial charge on any atom is 0.0843 e. The van der Waals surface area contributed by atoms with E-state index in [4.69, 9.17) is 11.6 Å². The molecule has 1 fully saturated rings. The first-order valence-electron chi connectivity index (χ1n) is 6.82. The van der Waals surface area contributed by atoms with Gasteiger partial charge in [-0.2, -0.15) is 0 Å². The molecule has 1 aromatic rings. The Bertz CT molecular complexity index is 366. The van der Waals surface area contributed by atoms with Crippen LogP contribution in [0.5, 0.6) is 0 Å². The molecule has 1 aliphatic carbocycles. The minimum atomic E-state index is -0.439. The Morgan fingerprint density at radius 1 is 1.11 bits per heavy atom. The summed E-state index contributed by atoms with van der Waals surface area (Å²) < 4.78 is 0.921. The van der Waals surface area contributed by atoms with Crippen LogP contribution in [0.3, 0.4) is 0 Å². The fourth-order valence-corrected chi connectivity index (χ4v) is 3.83. The van der Waals surface area contributed by atoms with Crippen LogP contribution < -0.4 is 0 Å². The molecule has 0 heterocycles. The van der Waals surface area contributed by atoms with Gasteiger partial charge in [0.2, 0.25) is 0 Å². The summed E-state index contributed by atoms with van der Waals surface area (Å²) in [7, 11) is 0.